The number of aromatic nitrogens is 2. The van der Waals surface area contributed by atoms with Crippen molar-refractivity contribution in [2.75, 3.05) is 5.32 Å². The molecular formula is C21H17FN4O2. The lowest BCUT2D eigenvalue weighted by Crippen LogP contribution is -2.12. The number of carbonyl (C=O) groups is 1. The second kappa shape index (κ2) is 7.24. The summed E-state index contributed by atoms with van der Waals surface area (Å²) in [6.45, 7) is 0. The molecule has 0 saturated heterocycles. The molecule has 1 heterocycles. The van der Waals surface area contributed by atoms with Crippen LogP contribution in [-0.2, 0) is 16.6 Å². The zero-order valence-electron chi connectivity index (χ0n) is 15.0. The maximum Gasteiger partial charge on any atom is 0.227 e. The van der Waals surface area contributed by atoms with E-state index in [2.05, 4.69) is 21.5 Å². The predicted octanol–water partition coefficient (Wildman–Crippen LogP) is 4.00. The summed E-state index contributed by atoms with van der Waals surface area (Å²) in [4.78, 5) is 16.4. The Bertz CT molecular complexity index is 1030. The molecule has 1 N–H and O–H groups in total. The number of benzene rings is 2. The van der Waals surface area contributed by atoms with Crippen LogP contribution in [0.15, 0.2) is 53.1 Å². The molecular weight excluding hydrogens is 359 g/mol. The molecule has 0 bridgehead atoms. The Morgan fingerprint density at radius 1 is 1.18 bits per heavy atom. The van der Waals surface area contributed by atoms with Gasteiger partial charge in [0.25, 0.3) is 0 Å². The Hall–Kier alpha value is -3.53. The highest BCUT2D eigenvalue weighted by atomic mass is 19.1. The summed E-state index contributed by atoms with van der Waals surface area (Å²) in [6, 6.07) is 15.5. The SMILES string of the molecule is N#CC1(c2ccc(NC(=O)CCc3nc(-c4ccc(F)cc4)no3)cc2)CC1. The van der Waals surface area contributed by atoms with Crippen LogP contribution in [0.4, 0.5) is 10.1 Å². The lowest BCUT2D eigenvalue weighted by Gasteiger charge is -2.08. The van der Waals surface area contributed by atoms with Crippen molar-refractivity contribution >= 4 is 11.6 Å². The Morgan fingerprint density at radius 3 is 2.54 bits per heavy atom. The highest BCUT2D eigenvalue weighted by Gasteiger charge is 2.44. The summed E-state index contributed by atoms with van der Waals surface area (Å²) in [7, 11) is 0. The van der Waals surface area contributed by atoms with Gasteiger partial charge in [-0.25, -0.2) is 4.39 Å². The van der Waals surface area contributed by atoms with Gasteiger partial charge < -0.3 is 9.84 Å². The molecule has 0 aliphatic heterocycles. The monoisotopic (exact) mass is 376 g/mol. The molecule has 0 radical (unpaired) electrons. The molecule has 1 aliphatic carbocycles. The van der Waals surface area contributed by atoms with Gasteiger partial charge in [0, 0.05) is 24.1 Å². The van der Waals surface area contributed by atoms with Crippen LogP contribution in [0.1, 0.15) is 30.7 Å². The number of nitrogens with zero attached hydrogens (tertiary/aromatic N) is 3. The van der Waals surface area contributed by atoms with E-state index in [9.17, 15) is 14.4 Å². The zero-order chi connectivity index (χ0) is 19.6. The van der Waals surface area contributed by atoms with Gasteiger partial charge in [-0.05, 0) is 54.8 Å². The molecule has 4 rings (SSSR count). The fraction of sp³-hybridized carbons (Fsp3) is 0.238. The summed E-state index contributed by atoms with van der Waals surface area (Å²) in [5, 5.41) is 15.9. The third-order valence-electron chi connectivity index (χ3n) is 4.82. The van der Waals surface area contributed by atoms with E-state index in [1.807, 2.05) is 24.3 Å². The highest BCUT2D eigenvalue weighted by Crippen LogP contribution is 2.47. The van der Waals surface area contributed by atoms with Crippen molar-refractivity contribution in [3.8, 4) is 17.5 Å². The van der Waals surface area contributed by atoms with Crippen molar-refractivity contribution in [3.63, 3.8) is 0 Å². The number of nitriles is 1. The van der Waals surface area contributed by atoms with E-state index in [4.69, 9.17) is 4.52 Å². The van der Waals surface area contributed by atoms with Crippen LogP contribution in [-0.4, -0.2) is 16.0 Å². The van der Waals surface area contributed by atoms with Crippen LogP contribution in [0, 0.1) is 17.1 Å². The predicted molar refractivity (Wildman–Crippen MR) is 99.6 cm³/mol. The largest absolute Gasteiger partial charge is 0.339 e. The number of amides is 1. The second-order valence-electron chi connectivity index (χ2n) is 6.84. The first-order chi connectivity index (χ1) is 13.6. The van der Waals surface area contributed by atoms with Gasteiger partial charge in [0.1, 0.15) is 5.82 Å². The van der Waals surface area contributed by atoms with E-state index in [1.54, 1.807) is 12.1 Å². The third kappa shape index (κ3) is 3.76. The van der Waals surface area contributed by atoms with E-state index in [0.29, 0.717) is 29.4 Å². The smallest absolute Gasteiger partial charge is 0.227 e. The van der Waals surface area contributed by atoms with E-state index in [1.165, 1.54) is 12.1 Å². The second-order valence-corrected chi connectivity index (χ2v) is 6.84. The van der Waals surface area contributed by atoms with Crippen molar-refractivity contribution in [2.24, 2.45) is 0 Å². The van der Waals surface area contributed by atoms with E-state index < -0.39 is 0 Å². The van der Waals surface area contributed by atoms with Crippen LogP contribution in [0.25, 0.3) is 11.4 Å². The minimum Gasteiger partial charge on any atom is -0.339 e. The zero-order valence-corrected chi connectivity index (χ0v) is 15.0. The quantitative estimate of drug-likeness (QED) is 0.702. The van der Waals surface area contributed by atoms with Crippen LogP contribution < -0.4 is 5.32 Å². The lowest BCUT2D eigenvalue weighted by atomic mass is 9.98. The average molecular weight is 376 g/mol. The fourth-order valence-corrected chi connectivity index (χ4v) is 2.98. The molecule has 0 atom stereocenters. The number of hydrogen-bond acceptors (Lipinski definition) is 5. The van der Waals surface area contributed by atoms with Gasteiger partial charge in [-0.1, -0.05) is 17.3 Å². The van der Waals surface area contributed by atoms with Gasteiger partial charge in [-0.3, -0.25) is 4.79 Å². The number of anilines is 1. The fourth-order valence-electron chi connectivity index (χ4n) is 2.98. The minimum absolute atomic E-state index is 0.171. The topological polar surface area (TPSA) is 91.8 Å². The molecule has 6 nitrogen and oxygen atoms in total. The van der Waals surface area contributed by atoms with Crippen LogP contribution in [0.5, 0.6) is 0 Å². The summed E-state index contributed by atoms with van der Waals surface area (Å²) < 4.78 is 18.1. The summed E-state index contributed by atoms with van der Waals surface area (Å²) in [5.41, 5.74) is 1.99. The first kappa shape index (κ1) is 17.9. The molecule has 1 aliphatic rings. The van der Waals surface area contributed by atoms with Crippen LogP contribution in [0.3, 0.4) is 0 Å². The molecule has 0 unspecified atom stereocenters. The van der Waals surface area contributed by atoms with E-state index >= 15 is 0 Å². The Kier molecular flexibility index (Phi) is 4.62. The molecule has 1 saturated carbocycles. The average Bonchev–Trinajstić information content (AvgIpc) is 3.37. The summed E-state index contributed by atoms with van der Waals surface area (Å²) in [6.07, 6.45) is 2.27. The Labute approximate surface area is 161 Å². The van der Waals surface area contributed by atoms with Crippen molar-refractivity contribution in [1.82, 2.24) is 10.1 Å². The maximum atomic E-state index is 13.0. The number of hydrogen-bond donors (Lipinski definition) is 1. The van der Waals surface area contributed by atoms with Crippen molar-refractivity contribution in [1.29, 1.82) is 5.26 Å². The Balaban J connectivity index is 1.31. The molecule has 28 heavy (non-hydrogen) atoms. The first-order valence-corrected chi connectivity index (χ1v) is 8.98. The van der Waals surface area contributed by atoms with Gasteiger partial charge >= 0.3 is 0 Å². The molecule has 1 aromatic heterocycles. The Morgan fingerprint density at radius 2 is 1.89 bits per heavy atom. The molecule has 1 amide bonds. The number of aryl methyl sites for hydroxylation is 1. The van der Waals surface area contributed by atoms with Crippen LogP contribution in [0.2, 0.25) is 0 Å². The minimum atomic E-state index is -0.336. The van der Waals surface area contributed by atoms with Crippen LogP contribution >= 0.6 is 0 Å². The standard InChI is InChI=1S/C21H17FN4O2/c22-16-5-1-14(2-6-16)20-25-19(28-26-20)10-9-18(27)24-17-7-3-15(4-8-17)21(13-23)11-12-21/h1-8H,9-12H2,(H,24,27). The van der Waals surface area contributed by atoms with Gasteiger partial charge in [-0.15, -0.1) is 0 Å². The maximum absolute atomic E-state index is 13.0. The lowest BCUT2D eigenvalue weighted by molar-refractivity contribution is -0.116. The first-order valence-electron chi connectivity index (χ1n) is 8.98. The molecule has 0 spiro atoms. The normalized spacial score (nSPS) is 14.3. The number of rotatable bonds is 6. The van der Waals surface area contributed by atoms with Gasteiger partial charge in [0.2, 0.25) is 17.6 Å². The highest BCUT2D eigenvalue weighted by molar-refractivity contribution is 5.90. The number of carbonyl (C=O) groups excluding carboxylic acids is 1. The summed E-state index contributed by atoms with van der Waals surface area (Å²) >= 11 is 0. The molecule has 140 valence electrons. The van der Waals surface area contributed by atoms with Gasteiger partial charge in [-0.2, -0.15) is 10.2 Å². The third-order valence-corrected chi connectivity index (χ3v) is 4.82. The van der Waals surface area contributed by atoms with Crippen molar-refractivity contribution < 1.29 is 13.7 Å². The molecule has 7 heteroatoms. The molecule has 3 aromatic rings. The number of halogens is 1. The molecule has 2 aromatic carbocycles. The van der Waals surface area contributed by atoms with Crippen molar-refractivity contribution in [3.05, 3.63) is 65.8 Å². The van der Waals surface area contributed by atoms with Crippen molar-refractivity contribution in [2.45, 2.75) is 31.1 Å². The molecule has 1 fully saturated rings. The van der Waals surface area contributed by atoms with E-state index in [-0.39, 0.29) is 23.6 Å². The van der Waals surface area contributed by atoms with E-state index in [0.717, 1.165) is 18.4 Å². The van der Waals surface area contributed by atoms with Gasteiger partial charge in [0.05, 0.1) is 11.5 Å². The van der Waals surface area contributed by atoms with Gasteiger partial charge in [0.15, 0.2) is 0 Å². The number of nitrogens with one attached hydrogen (secondary N) is 1. The summed E-state index contributed by atoms with van der Waals surface area (Å²) in [5.74, 6) is 0.194.